The molecule has 2 aromatic heterocycles. The first kappa shape index (κ1) is 15.0. The van der Waals surface area contributed by atoms with Crippen molar-refractivity contribution in [1.29, 1.82) is 0 Å². The second kappa shape index (κ2) is 6.44. The van der Waals surface area contributed by atoms with Crippen molar-refractivity contribution in [3.05, 3.63) is 48.3 Å². The van der Waals surface area contributed by atoms with Gasteiger partial charge in [0, 0.05) is 11.3 Å². The van der Waals surface area contributed by atoms with Crippen LogP contribution in [0.15, 0.2) is 47.8 Å². The molecule has 9 heteroatoms. The van der Waals surface area contributed by atoms with E-state index < -0.39 is 5.91 Å². The number of nitrogens with zero attached hydrogens (tertiary/aromatic N) is 4. The lowest BCUT2D eigenvalue weighted by molar-refractivity contribution is -0.113. The summed E-state index contributed by atoms with van der Waals surface area (Å²) < 4.78 is 1.54. The maximum absolute atomic E-state index is 11.9. The molecular weight excluding hydrogens is 316 g/mol. The minimum absolute atomic E-state index is 0.174. The number of anilines is 1. The van der Waals surface area contributed by atoms with Crippen molar-refractivity contribution < 1.29 is 9.59 Å². The molecule has 1 aromatic carbocycles. The van der Waals surface area contributed by atoms with E-state index >= 15 is 0 Å². The number of hydrogen-bond donors (Lipinski definition) is 2. The van der Waals surface area contributed by atoms with Crippen LogP contribution < -0.4 is 11.1 Å². The predicted octanol–water partition coefficient (Wildman–Crippen LogP) is 0.954. The molecule has 0 saturated carbocycles. The predicted molar refractivity (Wildman–Crippen MR) is 85.1 cm³/mol. The van der Waals surface area contributed by atoms with E-state index in [9.17, 15) is 9.59 Å². The molecule has 3 N–H and O–H groups in total. The number of benzene rings is 1. The number of aromatic nitrogens is 4. The number of thioether (sulfide) groups is 1. The SMILES string of the molecule is NC(=O)c1ccc(NC(=O)CSc2ccc3nncn3n2)cc1. The van der Waals surface area contributed by atoms with Gasteiger partial charge in [-0.15, -0.1) is 10.2 Å². The summed E-state index contributed by atoms with van der Waals surface area (Å²) in [6, 6.07) is 9.94. The van der Waals surface area contributed by atoms with Gasteiger partial charge in [-0.1, -0.05) is 11.8 Å². The Morgan fingerprint density at radius 3 is 2.70 bits per heavy atom. The molecule has 116 valence electrons. The average Bonchev–Trinajstić information content (AvgIpc) is 3.01. The highest BCUT2D eigenvalue weighted by Crippen LogP contribution is 2.16. The summed E-state index contributed by atoms with van der Waals surface area (Å²) >= 11 is 1.30. The minimum Gasteiger partial charge on any atom is -0.366 e. The molecule has 0 spiro atoms. The summed E-state index contributed by atoms with van der Waals surface area (Å²) in [5.74, 6) is -0.473. The lowest BCUT2D eigenvalue weighted by atomic mass is 10.2. The van der Waals surface area contributed by atoms with E-state index in [0.717, 1.165) is 0 Å². The van der Waals surface area contributed by atoms with Gasteiger partial charge in [0.25, 0.3) is 0 Å². The van der Waals surface area contributed by atoms with Gasteiger partial charge in [0.1, 0.15) is 11.4 Å². The molecule has 8 nitrogen and oxygen atoms in total. The molecular formula is C14H12N6O2S. The Morgan fingerprint density at radius 1 is 1.17 bits per heavy atom. The number of primary amides is 1. The fraction of sp³-hybridized carbons (Fsp3) is 0.0714. The topological polar surface area (TPSA) is 115 Å². The molecule has 0 fully saturated rings. The van der Waals surface area contributed by atoms with Crippen LogP contribution in [0.25, 0.3) is 5.65 Å². The molecule has 3 aromatic rings. The lowest BCUT2D eigenvalue weighted by Gasteiger charge is -2.05. The zero-order valence-electron chi connectivity index (χ0n) is 11.8. The van der Waals surface area contributed by atoms with Gasteiger partial charge in [-0.25, -0.2) is 0 Å². The first-order valence-electron chi connectivity index (χ1n) is 6.61. The highest BCUT2D eigenvalue weighted by atomic mass is 32.2. The van der Waals surface area contributed by atoms with Crippen LogP contribution >= 0.6 is 11.8 Å². The van der Waals surface area contributed by atoms with Crippen LogP contribution in [0.2, 0.25) is 0 Å². The highest BCUT2D eigenvalue weighted by Gasteiger charge is 2.07. The average molecular weight is 328 g/mol. The number of rotatable bonds is 5. The summed E-state index contributed by atoms with van der Waals surface area (Å²) in [7, 11) is 0. The van der Waals surface area contributed by atoms with Gasteiger partial charge in [-0.05, 0) is 36.4 Å². The summed E-state index contributed by atoms with van der Waals surface area (Å²) in [6.07, 6.45) is 1.50. The van der Waals surface area contributed by atoms with E-state index in [1.807, 2.05) is 0 Å². The van der Waals surface area contributed by atoms with E-state index in [-0.39, 0.29) is 11.7 Å². The Balaban J connectivity index is 1.57. The summed E-state index contributed by atoms with van der Waals surface area (Å²) in [4.78, 5) is 22.9. The maximum atomic E-state index is 11.9. The third-order valence-electron chi connectivity index (χ3n) is 2.94. The van der Waals surface area contributed by atoms with E-state index in [1.54, 1.807) is 40.9 Å². The van der Waals surface area contributed by atoms with Crippen LogP contribution in [0.3, 0.4) is 0 Å². The Kier molecular flexibility index (Phi) is 4.20. The highest BCUT2D eigenvalue weighted by molar-refractivity contribution is 7.99. The maximum Gasteiger partial charge on any atom is 0.248 e. The molecule has 0 radical (unpaired) electrons. The van der Waals surface area contributed by atoms with Crippen LogP contribution in [0.4, 0.5) is 5.69 Å². The van der Waals surface area contributed by atoms with Crippen molar-refractivity contribution >= 4 is 34.9 Å². The van der Waals surface area contributed by atoms with Gasteiger partial charge >= 0.3 is 0 Å². The van der Waals surface area contributed by atoms with Crippen molar-refractivity contribution in [2.24, 2.45) is 5.73 Å². The smallest absolute Gasteiger partial charge is 0.248 e. The third kappa shape index (κ3) is 3.64. The molecule has 2 amide bonds. The van der Waals surface area contributed by atoms with E-state index in [2.05, 4.69) is 20.6 Å². The zero-order valence-corrected chi connectivity index (χ0v) is 12.7. The Labute approximate surface area is 135 Å². The number of amides is 2. The normalized spacial score (nSPS) is 10.6. The number of nitrogens with one attached hydrogen (secondary N) is 1. The van der Waals surface area contributed by atoms with Crippen LogP contribution in [0.5, 0.6) is 0 Å². The van der Waals surface area contributed by atoms with E-state index in [1.165, 1.54) is 18.1 Å². The van der Waals surface area contributed by atoms with Crippen molar-refractivity contribution in [3.8, 4) is 0 Å². The van der Waals surface area contributed by atoms with E-state index in [0.29, 0.717) is 21.9 Å². The summed E-state index contributed by atoms with van der Waals surface area (Å²) in [5.41, 5.74) is 6.80. The monoisotopic (exact) mass is 328 g/mol. The molecule has 0 atom stereocenters. The van der Waals surface area contributed by atoms with Gasteiger partial charge in [0.2, 0.25) is 11.8 Å². The summed E-state index contributed by atoms with van der Waals surface area (Å²) in [5, 5.41) is 15.3. The van der Waals surface area contributed by atoms with Gasteiger partial charge in [0.15, 0.2) is 5.65 Å². The molecule has 0 saturated heterocycles. The zero-order chi connectivity index (χ0) is 16.2. The standard InChI is InChI=1S/C14H12N6O2S/c15-14(22)9-1-3-10(4-2-9)17-12(21)7-23-13-6-5-11-18-16-8-20(11)19-13/h1-6,8H,7H2,(H2,15,22)(H,17,21). The molecule has 23 heavy (non-hydrogen) atoms. The van der Waals surface area contributed by atoms with Gasteiger partial charge < -0.3 is 11.1 Å². The molecule has 2 heterocycles. The molecule has 0 aliphatic carbocycles. The first-order valence-corrected chi connectivity index (χ1v) is 7.60. The lowest BCUT2D eigenvalue weighted by Crippen LogP contribution is -2.15. The van der Waals surface area contributed by atoms with Gasteiger partial charge in [-0.3, -0.25) is 9.59 Å². The second-order valence-electron chi connectivity index (χ2n) is 4.58. The molecule has 0 aliphatic rings. The van der Waals surface area contributed by atoms with Crippen LogP contribution in [0.1, 0.15) is 10.4 Å². The number of nitrogens with two attached hydrogens (primary N) is 1. The fourth-order valence-electron chi connectivity index (χ4n) is 1.84. The van der Waals surface area contributed by atoms with Crippen molar-refractivity contribution in [3.63, 3.8) is 0 Å². The number of carbonyl (C=O) groups excluding carboxylic acids is 2. The summed E-state index contributed by atoms with van der Waals surface area (Å²) in [6.45, 7) is 0. The van der Waals surface area contributed by atoms with Crippen molar-refractivity contribution in [1.82, 2.24) is 19.8 Å². The Morgan fingerprint density at radius 2 is 1.96 bits per heavy atom. The van der Waals surface area contributed by atoms with Crippen molar-refractivity contribution in [2.45, 2.75) is 5.03 Å². The number of hydrogen-bond acceptors (Lipinski definition) is 6. The second-order valence-corrected chi connectivity index (χ2v) is 5.58. The van der Waals surface area contributed by atoms with Gasteiger partial charge in [-0.2, -0.15) is 9.61 Å². The first-order chi connectivity index (χ1) is 11.1. The largest absolute Gasteiger partial charge is 0.366 e. The number of fused-ring (bicyclic) bond motifs is 1. The minimum atomic E-state index is -0.506. The number of carbonyl (C=O) groups is 2. The third-order valence-corrected chi connectivity index (χ3v) is 3.86. The van der Waals surface area contributed by atoms with E-state index in [4.69, 9.17) is 5.73 Å². The van der Waals surface area contributed by atoms with Crippen molar-refractivity contribution in [2.75, 3.05) is 11.1 Å². The molecule has 0 bridgehead atoms. The van der Waals surface area contributed by atoms with Crippen LogP contribution in [-0.4, -0.2) is 37.4 Å². The molecule has 0 aliphatic heterocycles. The molecule has 0 unspecified atom stereocenters. The Hall–Kier alpha value is -2.94. The molecule has 3 rings (SSSR count). The Bertz CT molecular complexity index is 861. The van der Waals surface area contributed by atoms with Crippen LogP contribution in [0, 0.1) is 0 Å². The van der Waals surface area contributed by atoms with Crippen LogP contribution in [-0.2, 0) is 4.79 Å². The quantitative estimate of drug-likeness (QED) is 0.674. The van der Waals surface area contributed by atoms with Gasteiger partial charge in [0.05, 0.1) is 5.75 Å². The fourth-order valence-corrected chi connectivity index (χ4v) is 2.50.